The third kappa shape index (κ3) is 5.27. The van der Waals surface area contributed by atoms with Crippen LogP contribution in [0.2, 0.25) is 0 Å². The molecule has 1 saturated heterocycles. The topological polar surface area (TPSA) is 49.4 Å². The largest absolute Gasteiger partial charge is 0.316 e. The lowest BCUT2D eigenvalue weighted by molar-refractivity contribution is 0.227. The van der Waals surface area contributed by atoms with Crippen molar-refractivity contribution in [2.45, 2.75) is 20.3 Å². The van der Waals surface area contributed by atoms with Crippen LogP contribution in [-0.2, 0) is 9.84 Å². The van der Waals surface area contributed by atoms with E-state index < -0.39 is 9.84 Å². The van der Waals surface area contributed by atoms with Gasteiger partial charge < -0.3 is 10.2 Å². The van der Waals surface area contributed by atoms with E-state index in [1.807, 2.05) is 0 Å². The molecule has 16 heavy (non-hydrogen) atoms. The van der Waals surface area contributed by atoms with Gasteiger partial charge in [0.1, 0.15) is 0 Å². The fourth-order valence-electron chi connectivity index (χ4n) is 1.99. The Balaban J connectivity index is 2.39. The first kappa shape index (κ1) is 13.9. The van der Waals surface area contributed by atoms with E-state index in [2.05, 4.69) is 17.1 Å². The minimum atomic E-state index is -2.81. The van der Waals surface area contributed by atoms with Gasteiger partial charge >= 0.3 is 0 Å². The summed E-state index contributed by atoms with van der Waals surface area (Å²) in [4.78, 5) is 2.29. The van der Waals surface area contributed by atoms with Crippen LogP contribution in [0, 0.1) is 5.92 Å². The average Bonchev–Trinajstić information content (AvgIpc) is 2.21. The van der Waals surface area contributed by atoms with E-state index in [0.29, 0.717) is 18.2 Å². The van der Waals surface area contributed by atoms with Gasteiger partial charge in [0.2, 0.25) is 0 Å². The molecule has 1 unspecified atom stereocenters. The molecule has 1 heterocycles. The first-order valence-corrected chi connectivity index (χ1v) is 7.99. The van der Waals surface area contributed by atoms with Gasteiger partial charge in [-0.2, -0.15) is 0 Å². The van der Waals surface area contributed by atoms with E-state index in [9.17, 15) is 8.42 Å². The van der Waals surface area contributed by atoms with Crippen molar-refractivity contribution in [3.63, 3.8) is 0 Å². The maximum atomic E-state index is 11.4. The van der Waals surface area contributed by atoms with Gasteiger partial charge in [0.05, 0.1) is 5.75 Å². The van der Waals surface area contributed by atoms with Crippen LogP contribution < -0.4 is 5.32 Å². The van der Waals surface area contributed by atoms with Gasteiger partial charge in [-0.1, -0.05) is 13.8 Å². The lowest BCUT2D eigenvalue weighted by atomic mass is 10.1. The van der Waals surface area contributed by atoms with Gasteiger partial charge in [0.15, 0.2) is 9.84 Å². The highest BCUT2D eigenvalue weighted by molar-refractivity contribution is 7.91. The van der Waals surface area contributed by atoms with Gasteiger partial charge in [-0.3, -0.25) is 0 Å². The van der Waals surface area contributed by atoms with E-state index in [-0.39, 0.29) is 5.75 Å². The molecule has 0 spiro atoms. The fourth-order valence-corrected chi connectivity index (χ4v) is 2.81. The summed E-state index contributed by atoms with van der Waals surface area (Å²) in [5, 5.41) is 3.40. The Labute approximate surface area is 99.3 Å². The van der Waals surface area contributed by atoms with Crippen molar-refractivity contribution >= 4 is 9.84 Å². The Morgan fingerprint density at radius 2 is 2.19 bits per heavy atom. The van der Waals surface area contributed by atoms with Crippen molar-refractivity contribution in [1.29, 1.82) is 0 Å². The Hall–Kier alpha value is -0.130. The summed E-state index contributed by atoms with van der Waals surface area (Å²) in [5.74, 6) is 1.17. The molecule has 0 bridgehead atoms. The van der Waals surface area contributed by atoms with Crippen LogP contribution in [0.25, 0.3) is 0 Å². The molecule has 0 aromatic heterocycles. The smallest absolute Gasteiger partial charge is 0.151 e. The third-order valence-corrected chi connectivity index (χ3v) is 4.73. The highest BCUT2D eigenvalue weighted by Crippen LogP contribution is 2.04. The zero-order valence-corrected chi connectivity index (χ0v) is 11.2. The van der Waals surface area contributed by atoms with E-state index in [0.717, 1.165) is 32.6 Å². The van der Waals surface area contributed by atoms with Crippen LogP contribution in [0.4, 0.5) is 0 Å². The molecule has 1 aliphatic heterocycles. The predicted octanol–water partition coefficient (Wildman–Crippen LogP) is 0.353. The molecular formula is C11H24N2O2S. The highest BCUT2D eigenvalue weighted by Gasteiger charge is 2.15. The normalized spacial score (nSPS) is 25.0. The van der Waals surface area contributed by atoms with Crippen LogP contribution in [0.3, 0.4) is 0 Å². The van der Waals surface area contributed by atoms with Gasteiger partial charge in [-0.25, -0.2) is 8.42 Å². The minimum absolute atomic E-state index is 0.262. The van der Waals surface area contributed by atoms with Gasteiger partial charge in [0.25, 0.3) is 0 Å². The zero-order chi connectivity index (χ0) is 12.0. The van der Waals surface area contributed by atoms with Crippen molar-refractivity contribution in [2.75, 3.05) is 44.2 Å². The van der Waals surface area contributed by atoms with Gasteiger partial charge in [-0.05, 0) is 32.0 Å². The number of nitrogens with zero attached hydrogens (tertiary/aromatic N) is 1. The monoisotopic (exact) mass is 248 g/mol. The van der Waals surface area contributed by atoms with Crippen LogP contribution in [0.15, 0.2) is 0 Å². The molecule has 5 heteroatoms. The maximum Gasteiger partial charge on any atom is 0.151 e. The van der Waals surface area contributed by atoms with Crippen molar-refractivity contribution in [3.8, 4) is 0 Å². The van der Waals surface area contributed by atoms with Crippen molar-refractivity contribution < 1.29 is 8.42 Å². The van der Waals surface area contributed by atoms with Crippen molar-refractivity contribution in [3.05, 3.63) is 0 Å². The molecule has 96 valence electrons. The van der Waals surface area contributed by atoms with Gasteiger partial charge in [0, 0.05) is 18.8 Å². The SMILES string of the molecule is CCS(=O)(=O)CCN1CCCNCC(C)C1. The lowest BCUT2D eigenvalue weighted by Gasteiger charge is -2.28. The number of nitrogens with one attached hydrogen (secondary N) is 1. The number of hydrogen-bond acceptors (Lipinski definition) is 4. The molecule has 0 aliphatic carbocycles. The number of sulfone groups is 1. The summed E-state index contributed by atoms with van der Waals surface area (Å²) in [6, 6.07) is 0. The summed E-state index contributed by atoms with van der Waals surface area (Å²) in [5.41, 5.74) is 0. The highest BCUT2D eigenvalue weighted by atomic mass is 32.2. The Bertz CT molecular complexity index is 290. The molecule has 4 nitrogen and oxygen atoms in total. The number of hydrogen-bond donors (Lipinski definition) is 1. The van der Waals surface area contributed by atoms with Crippen molar-refractivity contribution in [1.82, 2.24) is 10.2 Å². The minimum Gasteiger partial charge on any atom is -0.316 e. The van der Waals surface area contributed by atoms with E-state index in [1.54, 1.807) is 6.92 Å². The predicted molar refractivity (Wildman–Crippen MR) is 67.4 cm³/mol. The summed E-state index contributed by atoms with van der Waals surface area (Å²) >= 11 is 0. The average molecular weight is 248 g/mol. The summed E-state index contributed by atoms with van der Waals surface area (Å²) in [6.45, 7) is 8.72. The fraction of sp³-hybridized carbons (Fsp3) is 1.00. The summed E-state index contributed by atoms with van der Waals surface area (Å²) in [7, 11) is -2.81. The quantitative estimate of drug-likeness (QED) is 0.780. The molecule has 0 aromatic rings. The third-order valence-electron chi connectivity index (χ3n) is 3.05. The molecule has 0 radical (unpaired) electrons. The Kier molecular flexibility index (Phi) is 5.72. The standard InChI is InChI=1S/C11H24N2O2S/c1-3-16(14,15)8-7-13-6-4-5-12-9-11(2)10-13/h11-12H,3-10H2,1-2H3. The molecule has 1 atom stereocenters. The molecule has 0 saturated carbocycles. The van der Waals surface area contributed by atoms with Crippen LogP contribution in [-0.4, -0.2) is 57.5 Å². The van der Waals surface area contributed by atoms with Gasteiger partial charge in [-0.15, -0.1) is 0 Å². The Morgan fingerprint density at radius 3 is 2.88 bits per heavy atom. The molecule has 1 rings (SSSR count). The summed E-state index contributed by atoms with van der Waals surface area (Å²) in [6.07, 6.45) is 1.11. The molecule has 0 aromatic carbocycles. The first-order valence-electron chi connectivity index (χ1n) is 6.17. The van der Waals surface area contributed by atoms with E-state index >= 15 is 0 Å². The molecule has 0 amide bonds. The van der Waals surface area contributed by atoms with Crippen molar-refractivity contribution in [2.24, 2.45) is 5.92 Å². The second-order valence-electron chi connectivity index (χ2n) is 4.70. The molecule has 1 N–H and O–H groups in total. The number of rotatable bonds is 4. The van der Waals surface area contributed by atoms with E-state index in [1.165, 1.54) is 0 Å². The van der Waals surface area contributed by atoms with Crippen LogP contribution >= 0.6 is 0 Å². The lowest BCUT2D eigenvalue weighted by Crippen LogP contribution is -2.40. The van der Waals surface area contributed by atoms with Crippen LogP contribution in [0.1, 0.15) is 20.3 Å². The molecular weight excluding hydrogens is 224 g/mol. The summed E-state index contributed by atoms with van der Waals surface area (Å²) < 4.78 is 22.9. The Morgan fingerprint density at radius 1 is 1.44 bits per heavy atom. The molecule has 1 fully saturated rings. The maximum absolute atomic E-state index is 11.4. The second-order valence-corrected chi connectivity index (χ2v) is 7.17. The zero-order valence-electron chi connectivity index (χ0n) is 10.4. The first-order chi connectivity index (χ1) is 7.53. The van der Waals surface area contributed by atoms with Crippen LogP contribution in [0.5, 0.6) is 0 Å². The van der Waals surface area contributed by atoms with E-state index in [4.69, 9.17) is 0 Å². The molecule has 1 aliphatic rings. The second kappa shape index (κ2) is 6.57.